The van der Waals surface area contributed by atoms with Crippen molar-refractivity contribution in [3.63, 3.8) is 0 Å². The molecule has 0 bridgehead atoms. The summed E-state index contributed by atoms with van der Waals surface area (Å²) in [5, 5.41) is 3.55. The van der Waals surface area contributed by atoms with E-state index in [1.54, 1.807) is 7.11 Å². The van der Waals surface area contributed by atoms with E-state index >= 15 is 0 Å². The summed E-state index contributed by atoms with van der Waals surface area (Å²) in [5.41, 5.74) is 4.14. The van der Waals surface area contributed by atoms with Crippen molar-refractivity contribution in [2.45, 2.75) is 26.4 Å². The molecule has 0 aromatic heterocycles. The molecule has 0 saturated heterocycles. The number of para-hydroxylation sites is 1. The lowest BCUT2D eigenvalue weighted by atomic mass is 10.1. The van der Waals surface area contributed by atoms with Gasteiger partial charge in [-0.25, -0.2) is 0 Å². The fourth-order valence-electron chi connectivity index (χ4n) is 2.49. The number of hydrogen-bond acceptors (Lipinski definition) is 3. The highest BCUT2D eigenvalue weighted by atomic mass is 16.5. The molecule has 1 heterocycles. The number of ether oxygens (including phenoxy) is 1. The number of fused-ring (bicyclic) bond motifs is 1. The topological polar surface area (TPSA) is 24.5 Å². The quantitative estimate of drug-likeness (QED) is 0.865. The molecule has 1 N–H and O–H groups in total. The summed E-state index contributed by atoms with van der Waals surface area (Å²) in [4.78, 5) is 2.44. The first-order valence-corrected chi connectivity index (χ1v) is 6.28. The van der Waals surface area contributed by atoms with Gasteiger partial charge in [0.15, 0.2) is 0 Å². The van der Waals surface area contributed by atoms with Crippen molar-refractivity contribution in [2.75, 3.05) is 31.7 Å². The Morgan fingerprint density at radius 3 is 3.06 bits per heavy atom. The zero-order valence-electron chi connectivity index (χ0n) is 11.0. The summed E-state index contributed by atoms with van der Waals surface area (Å²) in [6.07, 6.45) is 0. The predicted molar refractivity (Wildman–Crippen MR) is 71.6 cm³/mol. The van der Waals surface area contributed by atoms with Gasteiger partial charge in [0.1, 0.15) is 0 Å². The minimum atomic E-state index is 0.513. The summed E-state index contributed by atoms with van der Waals surface area (Å²) in [5.74, 6) is 0. The normalized spacial score (nSPS) is 19.9. The van der Waals surface area contributed by atoms with E-state index in [1.807, 2.05) is 0 Å². The van der Waals surface area contributed by atoms with Gasteiger partial charge in [0, 0.05) is 38.5 Å². The third-order valence-corrected chi connectivity index (χ3v) is 3.34. The first-order chi connectivity index (χ1) is 8.22. The molecule has 1 aliphatic heterocycles. The molecule has 0 fully saturated rings. The van der Waals surface area contributed by atoms with Gasteiger partial charge in [-0.1, -0.05) is 18.2 Å². The van der Waals surface area contributed by atoms with Crippen LogP contribution in [0.2, 0.25) is 0 Å². The van der Waals surface area contributed by atoms with Crippen LogP contribution in [0.3, 0.4) is 0 Å². The number of hydrogen-bond donors (Lipinski definition) is 1. The lowest BCUT2D eigenvalue weighted by Gasteiger charge is -2.27. The minimum Gasteiger partial charge on any atom is -0.383 e. The fraction of sp³-hybridized carbons (Fsp3) is 0.571. The maximum atomic E-state index is 5.21. The van der Waals surface area contributed by atoms with Gasteiger partial charge >= 0.3 is 0 Å². The number of nitrogens with zero attached hydrogens (tertiary/aromatic N) is 1. The summed E-state index contributed by atoms with van der Waals surface area (Å²) in [7, 11) is 1.76. The fourth-order valence-corrected chi connectivity index (χ4v) is 2.49. The Bertz CT molecular complexity index is 378. The molecule has 94 valence electrons. The van der Waals surface area contributed by atoms with Crippen molar-refractivity contribution in [1.29, 1.82) is 0 Å². The van der Waals surface area contributed by atoms with Crippen molar-refractivity contribution in [3.05, 3.63) is 29.3 Å². The molecule has 0 saturated carbocycles. The van der Waals surface area contributed by atoms with E-state index in [0.29, 0.717) is 6.04 Å². The van der Waals surface area contributed by atoms with E-state index in [2.05, 4.69) is 42.3 Å². The van der Waals surface area contributed by atoms with Gasteiger partial charge in [-0.05, 0) is 25.0 Å². The first-order valence-electron chi connectivity index (χ1n) is 6.28. The molecule has 0 radical (unpaired) electrons. The standard InChI is InChI=1S/C14H22N2O/c1-11-5-4-6-13-9-15-12(2)10-16(14(11)13)7-8-17-3/h4-6,12,15H,7-10H2,1-3H3. The van der Waals surface area contributed by atoms with Crippen LogP contribution in [0.25, 0.3) is 0 Å². The van der Waals surface area contributed by atoms with Gasteiger partial charge in [0.25, 0.3) is 0 Å². The van der Waals surface area contributed by atoms with E-state index in [9.17, 15) is 0 Å². The van der Waals surface area contributed by atoms with Gasteiger partial charge in [-0.15, -0.1) is 0 Å². The molecule has 2 rings (SSSR count). The Labute approximate surface area is 104 Å². The Kier molecular flexibility index (Phi) is 4.02. The van der Waals surface area contributed by atoms with Crippen molar-refractivity contribution < 1.29 is 4.74 Å². The average Bonchev–Trinajstić information content (AvgIpc) is 2.47. The highest BCUT2D eigenvalue weighted by Gasteiger charge is 2.19. The van der Waals surface area contributed by atoms with Crippen LogP contribution in [-0.2, 0) is 11.3 Å². The Balaban J connectivity index is 2.30. The Morgan fingerprint density at radius 2 is 2.29 bits per heavy atom. The maximum absolute atomic E-state index is 5.21. The van der Waals surface area contributed by atoms with Gasteiger partial charge in [-0.2, -0.15) is 0 Å². The first kappa shape index (κ1) is 12.4. The molecule has 1 unspecified atom stereocenters. The molecule has 0 aliphatic carbocycles. The molecule has 1 aromatic rings. The second-order valence-corrected chi connectivity index (χ2v) is 4.80. The van der Waals surface area contributed by atoms with Crippen LogP contribution in [0.5, 0.6) is 0 Å². The van der Waals surface area contributed by atoms with Crippen molar-refractivity contribution in [1.82, 2.24) is 5.32 Å². The molecule has 3 heteroatoms. The Morgan fingerprint density at radius 1 is 1.47 bits per heavy atom. The number of anilines is 1. The molecule has 0 spiro atoms. The highest BCUT2D eigenvalue weighted by molar-refractivity contribution is 5.60. The highest BCUT2D eigenvalue weighted by Crippen LogP contribution is 2.27. The number of rotatable bonds is 3. The Hall–Kier alpha value is -1.06. The molecule has 3 nitrogen and oxygen atoms in total. The van der Waals surface area contributed by atoms with E-state index in [1.165, 1.54) is 16.8 Å². The lowest BCUT2D eigenvalue weighted by Crippen LogP contribution is -2.37. The molecular formula is C14H22N2O. The summed E-state index contributed by atoms with van der Waals surface area (Å²) in [6.45, 7) is 8.17. The van der Waals surface area contributed by atoms with Crippen LogP contribution < -0.4 is 10.2 Å². The van der Waals surface area contributed by atoms with E-state index in [4.69, 9.17) is 4.74 Å². The minimum absolute atomic E-state index is 0.513. The summed E-state index contributed by atoms with van der Waals surface area (Å²) in [6, 6.07) is 7.06. The SMILES string of the molecule is COCCN1CC(C)NCc2cccc(C)c21. The average molecular weight is 234 g/mol. The van der Waals surface area contributed by atoms with Crippen LogP contribution in [0.4, 0.5) is 5.69 Å². The van der Waals surface area contributed by atoms with E-state index in [-0.39, 0.29) is 0 Å². The molecule has 1 atom stereocenters. The zero-order valence-corrected chi connectivity index (χ0v) is 11.0. The van der Waals surface area contributed by atoms with Gasteiger partial charge < -0.3 is 15.0 Å². The molecule has 1 aliphatic rings. The van der Waals surface area contributed by atoms with Gasteiger partial charge in [-0.3, -0.25) is 0 Å². The number of methoxy groups -OCH3 is 1. The largest absolute Gasteiger partial charge is 0.383 e. The van der Waals surface area contributed by atoms with E-state index in [0.717, 1.165) is 26.2 Å². The number of benzene rings is 1. The van der Waals surface area contributed by atoms with E-state index < -0.39 is 0 Å². The molecule has 0 amide bonds. The monoisotopic (exact) mass is 234 g/mol. The zero-order chi connectivity index (χ0) is 12.3. The lowest BCUT2D eigenvalue weighted by molar-refractivity contribution is 0.205. The van der Waals surface area contributed by atoms with Crippen LogP contribution in [0.1, 0.15) is 18.1 Å². The molecular weight excluding hydrogens is 212 g/mol. The van der Waals surface area contributed by atoms with Crippen LogP contribution in [0.15, 0.2) is 18.2 Å². The smallest absolute Gasteiger partial charge is 0.0637 e. The third kappa shape index (κ3) is 2.79. The second-order valence-electron chi connectivity index (χ2n) is 4.80. The third-order valence-electron chi connectivity index (χ3n) is 3.34. The number of aryl methyl sites for hydroxylation is 1. The van der Waals surface area contributed by atoms with Crippen molar-refractivity contribution in [2.24, 2.45) is 0 Å². The van der Waals surface area contributed by atoms with Crippen molar-refractivity contribution >= 4 is 5.69 Å². The van der Waals surface area contributed by atoms with Crippen LogP contribution in [0, 0.1) is 6.92 Å². The molecule has 17 heavy (non-hydrogen) atoms. The summed E-state index contributed by atoms with van der Waals surface area (Å²) < 4.78 is 5.21. The van der Waals surface area contributed by atoms with Crippen molar-refractivity contribution in [3.8, 4) is 0 Å². The second kappa shape index (κ2) is 5.52. The maximum Gasteiger partial charge on any atom is 0.0637 e. The van der Waals surface area contributed by atoms with Crippen LogP contribution >= 0.6 is 0 Å². The number of nitrogens with one attached hydrogen (secondary N) is 1. The summed E-state index contributed by atoms with van der Waals surface area (Å²) >= 11 is 0. The molecule has 1 aromatic carbocycles. The van der Waals surface area contributed by atoms with Gasteiger partial charge in [0.2, 0.25) is 0 Å². The predicted octanol–water partition coefficient (Wildman–Crippen LogP) is 1.94. The van der Waals surface area contributed by atoms with Crippen LogP contribution in [-0.4, -0.2) is 32.8 Å². The van der Waals surface area contributed by atoms with Gasteiger partial charge in [0.05, 0.1) is 6.61 Å².